The van der Waals surface area contributed by atoms with Crippen LogP contribution in [0.25, 0.3) is 0 Å². The van der Waals surface area contributed by atoms with E-state index in [0.29, 0.717) is 17.4 Å². The van der Waals surface area contributed by atoms with Crippen molar-refractivity contribution in [2.24, 2.45) is 11.3 Å². The average molecular weight is 291 g/mol. The first kappa shape index (κ1) is 15.7. The van der Waals surface area contributed by atoms with E-state index in [2.05, 4.69) is 26.1 Å². The molecule has 0 saturated heterocycles. The summed E-state index contributed by atoms with van der Waals surface area (Å²) in [4.78, 5) is 12.1. The van der Waals surface area contributed by atoms with Gasteiger partial charge < -0.3 is 9.47 Å². The third-order valence-corrected chi connectivity index (χ3v) is 3.96. The summed E-state index contributed by atoms with van der Waals surface area (Å²) >= 11 is 0. The summed E-state index contributed by atoms with van der Waals surface area (Å²) in [5.41, 5.74) is 0.862. The van der Waals surface area contributed by atoms with Crippen LogP contribution in [0.1, 0.15) is 40.0 Å². The zero-order valence-corrected chi connectivity index (χ0v) is 13.3. The number of methoxy groups -OCH3 is 1. The van der Waals surface area contributed by atoms with E-state index in [9.17, 15) is 4.79 Å². The molecular weight excluding hydrogens is 266 g/mol. The smallest absolute Gasteiger partial charge is 0.412 e. The van der Waals surface area contributed by atoms with Gasteiger partial charge in [0.05, 0.1) is 12.8 Å². The van der Waals surface area contributed by atoms with Crippen LogP contribution in [-0.4, -0.2) is 19.3 Å². The second-order valence-electron chi connectivity index (χ2n) is 6.77. The Labute approximate surface area is 126 Å². The van der Waals surface area contributed by atoms with Gasteiger partial charge in [0.1, 0.15) is 11.9 Å². The summed E-state index contributed by atoms with van der Waals surface area (Å²) < 4.78 is 10.8. The van der Waals surface area contributed by atoms with E-state index in [1.54, 1.807) is 19.2 Å². The fraction of sp³-hybridized carbons (Fsp3) is 0.588. The molecule has 0 spiro atoms. The molecular formula is C17H25NO3. The quantitative estimate of drug-likeness (QED) is 0.894. The van der Waals surface area contributed by atoms with Gasteiger partial charge in [-0.3, -0.25) is 5.32 Å². The number of benzene rings is 1. The van der Waals surface area contributed by atoms with E-state index in [1.807, 2.05) is 12.1 Å². The van der Waals surface area contributed by atoms with Crippen LogP contribution in [0.15, 0.2) is 24.3 Å². The highest BCUT2D eigenvalue weighted by Crippen LogP contribution is 2.39. The van der Waals surface area contributed by atoms with E-state index >= 15 is 0 Å². The Kier molecular flexibility index (Phi) is 4.76. The number of anilines is 1. The third-order valence-electron chi connectivity index (χ3n) is 3.96. The van der Waals surface area contributed by atoms with Crippen LogP contribution in [0.3, 0.4) is 0 Å². The first-order valence-electron chi connectivity index (χ1n) is 7.50. The van der Waals surface area contributed by atoms with Gasteiger partial charge in [0.15, 0.2) is 0 Å². The van der Waals surface area contributed by atoms with Crippen molar-refractivity contribution in [1.29, 1.82) is 0 Å². The fourth-order valence-electron chi connectivity index (χ4n) is 3.39. The molecule has 0 heterocycles. The van der Waals surface area contributed by atoms with Crippen LogP contribution < -0.4 is 10.1 Å². The van der Waals surface area contributed by atoms with E-state index in [0.717, 1.165) is 12.8 Å². The molecule has 116 valence electrons. The number of hydrogen-bond donors (Lipinski definition) is 1. The molecule has 0 bridgehead atoms. The molecule has 1 aromatic rings. The van der Waals surface area contributed by atoms with Crippen molar-refractivity contribution < 1.29 is 14.3 Å². The zero-order chi connectivity index (χ0) is 15.5. The molecule has 21 heavy (non-hydrogen) atoms. The van der Waals surface area contributed by atoms with E-state index in [4.69, 9.17) is 9.47 Å². The number of carbonyl (C=O) groups is 1. The van der Waals surface area contributed by atoms with Crippen molar-refractivity contribution in [3.05, 3.63) is 24.3 Å². The maximum Gasteiger partial charge on any atom is 0.412 e. The Hall–Kier alpha value is -1.71. The molecule has 1 saturated carbocycles. The van der Waals surface area contributed by atoms with Gasteiger partial charge in [0.25, 0.3) is 0 Å². The van der Waals surface area contributed by atoms with Gasteiger partial charge in [-0.05, 0) is 42.7 Å². The SMILES string of the molecule is COc1ccccc1NC(=O)O[C@@H]1C[C@H](C)CC(C)(C)C1. The minimum atomic E-state index is -0.408. The minimum Gasteiger partial charge on any atom is -0.495 e. The van der Waals surface area contributed by atoms with Gasteiger partial charge in [0, 0.05) is 0 Å². The molecule has 0 unspecified atom stereocenters. The second-order valence-corrected chi connectivity index (χ2v) is 6.77. The molecule has 1 amide bonds. The van der Waals surface area contributed by atoms with Crippen molar-refractivity contribution in [2.45, 2.75) is 46.1 Å². The number of ether oxygens (including phenoxy) is 2. The largest absolute Gasteiger partial charge is 0.495 e. The fourth-order valence-corrected chi connectivity index (χ4v) is 3.39. The lowest BCUT2D eigenvalue weighted by atomic mass is 9.71. The molecule has 0 aromatic heterocycles. The minimum absolute atomic E-state index is 0.0153. The van der Waals surface area contributed by atoms with E-state index < -0.39 is 6.09 Å². The third kappa shape index (κ3) is 4.38. The summed E-state index contributed by atoms with van der Waals surface area (Å²) in [6.45, 7) is 6.68. The lowest BCUT2D eigenvalue weighted by Gasteiger charge is -2.38. The van der Waals surface area contributed by atoms with Crippen molar-refractivity contribution in [1.82, 2.24) is 0 Å². The predicted octanol–water partition coefficient (Wildman–Crippen LogP) is 4.46. The van der Waals surface area contributed by atoms with Crippen LogP contribution in [0.5, 0.6) is 5.75 Å². The van der Waals surface area contributed by atoms with Gasteiger partial charge in [-0.15, -0.1) is 0 Å². The van der Waals surface area contributed by atoms with Crippen LogP contribution in [0.4, 0.5) is 10.5 Å². The summed E-state index contributed by atoms with van der Waals surface area (Å²) in [5.74, 6) is 1.21. The molecule has 1 N–H and O–H groups in total. The highest BCUT2D eigenvalue weighted by molar-refractivity contribution is 5.86. The van der Waals surface area contributed by atoms with Gasteiger partial charge in [-0.1, -0.05) is 32.9 Å². The highest BCUT2D eigenvalue weighted by atomic mass is 16.6. The molecule has 2 atom stereocenters. The molecule has 1 aliphatic carbocycles. The average Bonchev–Trinajstić information content (AvgIpc) is 2.36. The van der Waals surface area contributed by atoms with Crippen LogP contribution >= 0.6 is 0 Å². The van der Waals surface area contributed by atoms with Gasteiger partial charge >= 0.3 is 6.09 Å². The number of amides is 1. The lowest BCUT2D eigenvalue weighted by molar-refractivity contribution is 0.0250. The van der Waals surface area contributed by atoms with E-state index in [1.165, 1.54) is 6.42 Å². The van der Waals surface area contributed by atoms with Gasteiger partial charge in [-0.25, -0.2) is 4.79 Å². The van der Waals surface area contributed by atoms with Crippen molar-refractivity contribution in [3.8, 4) is 5.75 Å². The first-order valence-corrected chi connectivity index (χ1v) is 7.50. The highest BCUT2D eigenvalue weighted by Gasteiger charge is 2.34. The lowest BCUT2D eigenvalue weighted by Crippen LogP contribution is -2.35. The maximum absolute atomic E-state index is 12.1. The number of hydrogen-bond acceptors (Lipinski definition) is 3. The zero-order valence-electron chi connectivity index (χ0n) is 13.3. The van der Waals surface area contributed by atoms with Gasteiger partial charge in [-0.2, -0.15) is 0 Å². The maximum atomic E-state index is 12.1. The number of nitrogens with one attached hydrogen (secondary N) is 1. The van der Waals surface area contributed by atoms with Crippen molar-refractivity contribution >= 4 is 11.8 Å². The molecule has 2 rings (SSSR count). The Morgan fingerprint density at radius 3 is 2.67 bits per heavy atom. The number of rotatable bonds is 3. The number of para-hydroxylation sites is 2. The normalized spacial score (nSPS) is 24.2. The van der Waals surface area contributed by atoms with Crippen LogP contribution in [0, 0.1) is 11.3 Å². The van der Waals surface area contributed by atoms with Crippen molar-refractivity contribution in [3.63, 3.8) is 0 Å². The Morgan fingerprint density at radius 2 is 2.00 bits per heavy atom. The van der Waals surface area contributed by atoms with Crippen LogP contribution in [0.2, 0.25) is 0 Å². The Bertz CT molecular complexity index is 499. The van der Waals surface area contributed by atoms with Crippen LogP contribution in [-0.2, 0) is 4.74 Å². The van der Waals surface area contributed by atoms with Gasteiger partial charge in [0.2, 0.25) is 0 Å². The van der Waals surface area contributed by atoms with Crippen molar-refractivity contribution in [2.75, 3.05) is 12.4 Å². The molecule has 0 aliphatic heterocycles. The number of carbonyl (C=O) groups excluding carboxylic acids is 1. The summed E-state index contributed by atoms with van der Waals surface area (Å²) in [6.07, 6.45) is 2.60. The molecule has 4 heteroatoms. The van der Waals surface area contributed by atoms with E-state index in [-0.39, 0.29) is 11.5 Å². The monoisotopic (exact) mass is 291 g/mol. The Balaban J connectivity index is 1.95. The topological polar surface area (TPSA) is 47.6 Å². The Morgan fingerprint density at radius 1 is 1.29 bits per heavy atom. The summed E-state index contributed by atoms with van der Waals surface area (Å²) in [7, 11) is 1.58. The summed E-state index contributed by atoms with van der Waals surface area (Å²) in [5, 5.41) is 2.76. The molecule has 4 nitrogen and oxygen atoms in total. The molecule has 0 radical (unpaired) electrons. The molecule has 1 aliphatic rings. The molecule has 1 fully saturated rings. The molecule has 1 aromatic carbocycles. The standard InChI is InChI=1S/C17H25NO3/c1-12-9-13(11-17(2,3)10-12)21-16(19)18-14-7-5-6-8-15(14)20-4/h5-8,12-13H,9-11H2,1-4H3,(H,18,19)/t12-,13+/m0/s1. The predicted molar refractivity (Wildman–Crippen MR) is 83.7 cm³/mol. The first-order chi connectivity index (χ1) is 9.89. The summed E-state index contributed by atoms with van der Waals surface area (Å²) in [6, 6.07) is 7.32. The second kappa shape index (κ2) is 6.37.